The number of para-hydroxylation sites is 1. The molecule has 1 amide bonds. The Morgan fingerprint density at radius 2 is 1.93 bits per heavy atom. The third-order valence-electron chi connectivity index (χ3n) is 6.72. The summed E-state index contributed by atoms with van der Waals surface area (Å²) in [7, 11) is 0. The molecule has 28 heavy (non-hydrogen) atoms. The van der Waals surface area contributed by atoms with Crippen LogP contribution in [0, 0.1) is 0 Å². The lowest BCUT2D eigenvalue weighted by molar-refractivity contribution is -0.123. The summed E-state index contributed by atoms with van der Waals surface area (Å²) >= 11 is 1.70. The molecule has 6 heteroatoms. The van der Waals surface area contributed by atoms with Gasteiger partial charge in [-0.3, -0.25) is 9.69 Å². The van der Waals surface area contributed by atoms with Crippen molar-refractivity contribution in [3.63, 3.8) is 0 Å². The topological polar surface area (TPSA) is 58.1 Å². The van der Waals surface area contributed by atoms with Crippen LogP contribution in [0.25, 0.3) is 10.2 Å². The maximum Gasteiger partial charge on any atom is 0.239 e. The van der Waals surface area contributed by atoms with E-state index in [1.54, 1.807) is 11.3 Å². The predicted molar refractivity (Wildman–Crippen MR) is 112 cm³/mol. The second-order valence-electron chi connectivity index (χ2n) is 8.29. The zero-order chi connectivity index (χ0) is 18.7. The predicted octanol–water partition coefficient (Wildman–Crippen LogP) is 4.49. The molecule has 0 saturated heterocycles. The van der Waals surface area contributed by atoms with E-state index in [1.807, 2.05) is 35.4 Å². The summed E-state index contributed by atoms with van der Waals surface area (Å²) < 4.78 is 1.21. The van der Waals surface area contributed by atoms with Crippen LogP contribution in [0.3, 0.4) is 0 Å². The van der Waals surface area contributed by atoms with Gasteiger partial charge in [0.15, 0.2) is 5.13 Å². The van der Waals surface area contributed by atoms with Gasteiger partial charge >= 0.3 is 0 Å². The standard InChI is InChI=1S/C22H22N4OS/c27-20-22(9-3-4-10-22)16-6-5-11-23-19(16)26(20)15-12-14(13-15)24-21-25-17-7-1-2-8-18(17)28-21/h1-2,5-8,11,14-15H,3-4,9-10,12-13H2,(H,24,25)/t14-,15-. The Labute approximate surface area is 167 Å². The summed E-state index contributed by atoms with van der Waals surface area (Å²) in [6.45, 7) is 0. The van der Waals surface area contributed by atoms with Gasteiger partial charge in [-0.1, -0.05) is 42.4 Å². The number of hydrogen-bond acceptors (Lipinski definition) is 5. The molecule has 2 aliphatic carbocycles. The minimum atomic E-state index is -0.296. The summed E-state index contributed by atoms with van der Waals surface area (Å²) in [6.07, 6.45) is 7.95. The molecule has 2 aromatic heterocycles. The van der Waals surface area contributed by atoms with Crippen LogP contribution in [-0.2, 0) is 10.2 Å². The molecule has 3 aromatic rings. The third kappa shape index (κ3) is 2.27. The molecule has 1 N–H and O–H groups in total. The fourth-order valence-corrected chi connectivity index (χ4v) is 6.17. The molecule has 1 aliphatic heterocycles. The van der Waals surface area contributed by atoms with Gasteiger partial charge in [-0.2, -0.15) is 0 Å². The number of rotatable bonds is 3. The normalized spacial score (nSPS) is 25.3. The van der Waals surface area contributed by atoms with E-state index in [0.717, 1.165) is 55.0 Å². The van der Waals surface area contributed by atoms with Crippen LogP contribution in [0.2, 0.25) is 0 Å². The number of nitrogens with zero attached hydrogens (tertiary/aromatic N) is 3. The van der Waals surface area contributed by atoms with E-state index in [2.05, 4.69) is 27.4 Å². The number of pyridine rings is 1. The maximum absolute atomic E-state index is 13.5. The summed E-state index contributed by atoms with van der Waals surface area (Å²) in [5.74, 6) is 1.21. The van der Waals surface area contributed by atoms with Gasteiger partial charge in [-0.05, 0) is 43.9 Å². The molecule has 142 valence electrons. The van der Waals surface area contributed by atoms with Crippen molar-refractivity contribution in [2.45, 2.75) is 56.0 Å². The van der Waals surface area contributed by atoms with Crippen molar-refractivity contribution in [1.82, 2.24) is 9.97 Å². The van der Waals surface area contributed by atoms with E-state index in [4.69, 9.17) is 0 Å². The van der Waals surface area contributed by atoms with Crippen molar-refractivity contribution in [3.8, 4) is 0 Å². The minimum Gasteiger partial charge on any atom is -0.359 e. The number of hydrogen-bond donors (Lipinski definition) is 1. The van der Waals surface area contributed by atoms with Crippen LogP contribution >= 0.6 is 11.3 Å². The molecule has 3 aliphatic rings. The number of benzene rings is 1. The van der Waals surface area contributed by atoms with Crippen molar-refractivity contribution in [2.24, 2.45) is 0 Å². The summed E-state index contributed by atoms with van der Waals surface area (Å²) in [6, 6.07) is 12.9. The molecule has 0 atom stereocenters. The van der Waals surface area contributed by atoms with Gasteiger partial charge in [0.1, 0.15) is 5.82 Å². The summed E-state index contributed by atoms with van der Waals surface area (Å²) in [4.78, 5) is 24.8. The van der Waals surface area contributed by atoms with Crippen molar-refractivity contribution in [3.05, 3.63) is 48.2 Å². The smallest absolute Gasteiger partial charge is 0.239 e. The highest BCUT2D eigenvalue weighted by molar-refractivity contribution is 7.22. The first-order valence-electron chi connectivity index (χ1n) is 10.2. The number of carbonyl (C=O) groups is 1. The first kappa shape index (κ1) is 16.5. The lowest BCUT2D eigenvalue weighted by atomic mass is 9.80. The van der Waals surface area contributed by atoms with Crippen molar-refractivity contribution in [1.29, 1.82) is 0 Å². The fourth-order valence-electron chi connectivity index (χ4n) is 5.23. The highest BCUT2D eigenvalue weighted by Gasteiger charge is 2.55. The second kappa shape index (κ2) is 6.01. The lowest BCUT2D eigenvalue weighted by Gasteiger charge is -2.41. The van der Waals surface area contributed by atoms with E-state index in [-0.39, 0.29) is 11.5 Å². The van der Waals surface area contributed by atoms with Crippen molar-refractivity contribution in [2.75, 3.05) is 10.2 Å². The molecule has 2 saturated carbocycles. The molecule has 0 radical (unpaired) electrons. The maximum atomic E-state index is 13.5. The van der Waals surface area contributed by atoms with Gasteiger partial charge in [0.05, 0.1) is 15.6 Å². The van der Waals surface area contributed by atoms with Gasteiger partial charge in [0.2, 0.25) is 5.91 Å². The number of nitrogens with one attached hydrogen (secondary N) is 1. The molecule has 1 aromatic carbocycles. The quantitative estimate of drug-likeness (QED) is 0.716. The monoisotopic (exact) mass is 390 g/mol. The SMILES string of the molecule is O=C1N([C@H]2C[C@H](Nc3nc4ccccc4s3)C2)c2ncccc2C12CCCC2. The highest BCUT2D eigenvalue weighted by atomic mass is 32.1. The minimum absolute atomic E-state index is 0.244. The molecule has 2 fully saturated rings. The van der Waals surface area contributed by atoms with Gasteiger partial charge in [0.25, 0.3) is 0 Å². The summed E-state index contributed by atoms with van der Waals surface area (Å²) in [5, 5.41) is 4.55. The number of amides is 1. The zero-order valence-corrected chi connectivity index (χ0v) is 16.4. The van der Waals surface area contributed by atoms with Gasteiger partial charge in [0, 0.05) is 23.8 Å². The van der Waals surface area contributed by atoms with Crippen LogP contribution in [0.4, 0.5) is 10.9 Å². The zero-order valence-electron chi connectivity index (χ0n) is 15.6. The van der Waals surface area contributed by atoms with Gasteiger partial charge in [-0.25, -0.2) is 9.97 Å². The van der Waals surface area contributed by atoms with E-state index in [9.17, 15) is 4.79 Å². The van der Waals surface area contributed by atoms with Crippen LogP contribution in [0.1, 0.15) is 44.1 Å². The fraction of sp³-hybridized carbons (Fsp3) is 0.409. The first-order chi connectivity index (χ1) is 13.7. The third-order valence-corrected chi connectivity index (χ3v) is 7.68. The van der Waals surface area contributed by atoms with E-state index in [1.165, 1.54) is 10.3 Å². The largest absolute Gasteiger partial charge is 0.359 e. The Morgan fingerprint density at radius 3 is 2.75 bits per heavy atom. The number of anilines is 2. The Bertz CT molecular complexity index is 1030. The van der Waals surface area contributed by atoms with Crippen LogP contribution in [-0.4, -0.2) is 28.0 Å². The number of fused-ring (bicyclic) bond motifs is 3. The van der Waals surface area contributed by atoms with Crippen molar-refractivity contribution >= 4 is 38.4 Å². The molecule has 3 heterocycles. The van der Waals surface area contributed by atoms with Crippen molar-refractivity contribution < 1.29 is 4.79 Å². The number of carbonyl (C=O) groups excluding carboxylic acids is 1. The molecular weight excluding hydrogens is 368 g/mol. The number of thiazole rings is 1. The molecule has 1 spiro atoms. The van der Waals surface area contributed by atoms with Crippen LogP contribution < -0.4 is 10.2 Å². The van der Waals surface area contributed by atoms with Gasteiger partial charge in [-0.15, -0.1) is 0 Å². The Kier molecular flexibility index (Phi) is 3.54. The number of aromatic nitrogens is 2. The van der Waals surface area contributed by atoms with E-state index >= 15 is 0 Å². The van der Waals surface area contributed by atoms with Crippen LogP contribution in [0.5, 0.6) is 0 Å². The Hall–Kier alpha value is -2.47. The lowest BCUT2D eigenvalue weighted by Crippen LogP contribution is -2.53. The Morgan fingerprint density at radius 1 is 1.11 bits per heavy atom. The molecule has 5 nitrogen and oxygen atoms in total. The van der Waals surface area contributed by atoms with E-state index in [0.29, 0.717) is 11.9 Å². The molecule has 0 unspecified atom stereocenters. The summed E-state index contributed by atoms with van der Waals surface area (Å²) in [5.41, 5.74) is 1.91. The average molecular weight is 391 g/mol. The van der Waals surface area contributed by atoms with Crippen LogP contribution in [0.15, 0.2) is 42.6 Å². The molecule has 6 rings (SSSR count). The Balaban J connectivity index is 1.21. The van der Waals surface area contributed by atoms with E-state index < -0.39 is 0 Å². The second-order valence-corrected chi connectivity index (χ2v) is 9.32. The van der Waals surface area contributed by atoms with Gasteiger partial charge < -0.3 is 5.32 Å². The average Bonchev–Trinajstić information content (AvgIpc) is 3.38. The molecular formula is C22H22N4OS. The first-order valence-corrected chi connectivity index (χ1v) is 11.0. The molecule has 0 bridgehead atoms. The highest BCUT2D eigenvalue weighted by Crippen LogP contribution is 2.52.